The molecule has 0 N–H and O–H groups in total. The van der Waals surface area contributed by atoms with E-state index in [-0.39, 0.29) is 252 Å². The number of benzene rings is 2. The smallest absolute Gasteiger partial charge is 0.395 e. The van der Waals surface area contributed by atoms with Crippen molar-refractivity contribution in [3.63, 3.8) is 0 Å². The van der Waals surface area contributed by atoms with Crippen molar-refractivity contribution in [2.24, 2.45) is 5.41 Å². The largest absolute Gasteiger partial charge is 0.408 e. The average Bonchev–Trinajstić information content (AvgIpc) is 1.31. The van der Waals surface area contributed by atoms with Gasteiger partial charge >= 0.3 is 43.4 Å². The van der Waals surface area contributed by atoms with Gasteiger partial charge in [-0.15, -0.1) is 0 Å². The van der Waals surface area contributed by atoms with E-state index < -0.39 is 0 Å². The Kier molecular flexibility index (Phi) is 309. The lowest BCUT2D eigenvalue weighted by Gasteiger charge is -2.18. The second kappa shape index (κ2) is 179. The fraction of sp³-hybridized carbons (Fsp3) is 0.812. The lowest BCUT2D eigenvalue weighted by atomic mass is 9.87. The summed E-state index contributed by atoms with van der Waals surface area (Å²) < 4.78 is 173. The molecule has 37 heteroatoms. The van der Waals surface area contributed by atoms with Crippen molar-refractivity contribution < 1.29 is 98.5 Å². The SMILES string of the molecule is C.C.C.C.C.C.C.C.C.C.C.C.CC.CC(C)(C)COP=O.CC(C)(C)c1ccc(OP=O)cc1.CCCP=O.CCCP=O.CCP=O.CCP=O.CCP=O.CP=O.CP=O.CP=O.CP=O.CP=O.CP=O.O=POC1CCCC1.O=POC1CCCCC1.O=POc1ccccc1.[HH].[HH]. The van der Waals surface area contributed by atoms with Crippen molar-refractivity contribution in [3.05, 3.63) is 60.2 Å². The first-order valence-electron chi connectivity index (χ1n) is 27.3. The molecule has 21 nitrogen and oxygen atoms in total. The van der Waals surface area contributed by atoms with E-state index in [9.17, 15) is 45.7 Å². The maximum absolute atomic E-state index is 10.1. The molecule has 0 spiro atoms. The van der Waals surface area contributed by atoms with Gasteiger partial charge in [-0.3, -0.25) is 63.8 Å². The van der Waals surface area contributed by atoms with Crippen LogP contribution in [0.1, 0.15) is 258 Å². The zero-order valence-corrected chi connectivity index (χ0v) is 69.9. The molecule has 2 aliphatic rings. The molecule has 2 aromatic carbocycles. The predicted molar refractivity (Wildman–Crippen MR) is 465 cm³/mol. The third kappa shape index (κ3) is 242. The maximum atomic E-state index is 10.1. The van der Waals surface area contributed by atoms with Gasteiger partial charge in [-0.05, 0) is 79.2 Å². The van der Waals surface area contributed by atoms with E-state index in [0.717, 1.165) is 69.3 Å². The number of hydrogen-bond acceptors (Lipinski definition) is 21. The van der Waals surface area contributed by atoms with Crippen molar-refractivity contribution in [1.29, 1.82) is 0 Å². The minimum atomic E-state index is -0.307. The van der Waals surface area contributed by atoms with E-state index in [1.54, 1.807) is 52.1 Å². The molecule has 0 radical (unpaired) electrons. The topological polar surface area (TPSA) is 319 Å². The zero-order valence-electron chi connectivity index (χ0n) is 55.6. The van der Waals surface area contributed by atoms with Crippen LogP contribution in [-0.2, 0) is 92.0 Å². The van der Waals surface area contributed by atoms with Gasteiger partial charge < -0.3 is 9.05 Å². The first-order valence-corrected chi connectivity index (χ1v) is 43.5. The molecule has 2 aromatic rings. The lowest BCUT2D eigenvalue weighted by molar-refractivity contribution is 0.172. The van der Waals surface area contributed by atoms with Gasteiger partial charge in [0.1, 0.15) is 11.5 Å². The van der Waals surface area contributed by atoms with Crippen LogP contribution in [0.2, 0.25) is 0 Å². The standard InChI is InChI=1S/C10H13O2P.C6H11O2P.C6H5O2P.C5H9O2P.C5H11O2P.2C3H7OP.3C2H5OP.C2H6.6CH3OP.12CH4.2H2/c1-10(2,3)8-4-6-9(7-5-8)12-13-11;2*7-9-8-6-4-2-1-3-5-6;6-8-7-5-3-1-2-4-5;1-5(2,3)4-7-8-6;2*1-2-3-5-4;3*1-2-4-3;1-2;6*1-3-2;;;;;;;;;;;;;;/h4-7H,1-3H3;6H,1-5H2;1-5H;5H,1-4H2;4H2,1-3H3;2*2-3H2,1H3;3*2H2,1H3;1-2H3;6*1H3;12*1H4;2*1H. The van der Waals surface area contributed by atoms with Gasteiger partial charge in [0, 0.05) is 73.7 Å². The second-order valence-electron chi connectivity index (χ2n) is 17.0. The van der Waals surface area contributed by atoms with Gasteiger partial charge in [-0.25, -0.2) is 22.8 Å². The first-order chi connectivity index (χ1) is 42.4. The molecule has 0 aliphatic heterocycles. The highest BCUT2D eigenvalue weighted by atomic mass is 31.1. The second-order valence-corrected chi connectivity index (χ2v) is 25.1. The minimum Gasteiger partial charge on any atom is -0.408 e. The fourth-order valence-corrected chi connectivity index (χ4v) is 6.16. The average molecular weight is 1760 g/mol. The molecule has 616 valence electrons. The molecular weight excluding hydrogens is 1600 g/mol. The van der Waals surface area contributed by atoms with Gasteiger partial charge in [-0.1, -0.05) is 242 Å². The molecular formula is C64H154O21P16. The van der Waals surface area contributed by atoms with Crippen molar-refractivity contribution in [1.82, 2.24) is 0 Å². The van der Waals surface area contributed by atoms with E-state index in [1.807, 2.05) is 112 Å². The highest BCUT2D eigenvalue weighted by molar-refractivity contribution is 7.25. The van der Waals surface area contributed by atoms with Crippen LogP contribution in [0, 0.1) is 5.41 Å². The summed E-state index contributed by atoms with van der Waals surface area (Å²) >= 11 is 0. The summed E-state index contributed by atoms with van der Waals surface area (Å²) in [6.07, 6.45) is 17.0. The van der Waals surface area contributed by atoms with Crippen molar-refractivity contribution in [3.8, 4) is 11.5 Å². The Morgan fingerprint density at radius 3 is 0.752 bits per heavy atom. The molecule has 0 bridgehead atoms. The lowest BCUT2D eigenvalue weighted by Crippen LogP contribution is -2.11. The van der Waals surface area contributed by atoms with Crippen molar-refractivity contribution in [2.45, 2.75) is 267 Å². The highest BCUT2D eigenvalue weighted by Crippen LogP contribution is 2.26. The quantitative estimate of drug-likeness (QED) is 0.133. The Labute approximate surface area is 653 Å². The Hall–Kier alpha value is -0.480. The van der Waals surface area contributed by atoms with Gasteiger partial charge in [-0.2, -0.15) is 0 Å². The molecule has 0 amide bonds. The van der Waals surface area contributed by atoms with Crippen LogP contribution in [0.5, 0.6) is 11.5 Å². The highest BCUT2D eigenvalue weighted by Gasteiger charge is 2.15. The molecule has 101 heavy (non-hydrogen) atoms. The van der Waals surface area contributed by atoms with E-state index in [1.165, 1.54) is 37.7 Å². The van der Waals surface area contributed by atoms with E-state index in [2.05, 4.69) is 29.8 Å². The van der Waals surface area contributed by atoms with Gasteiger partial charge in [0.05, 0.1) is 18.8 Å². The van der Waals surface area contributed by atoms with E-state index in [4.69, 9.17) is 41.0 Å². The molecule has 2 saturated carbocycles. The van der Waals surface area contributed by atoms with Crippen LogP contribution in [-0.4, -0.2) is 89.6 Å². The fourth-order valence-electron chi connectivity index (χ4n) is 4.27. The Bertz CT molecular complexity index is 1750. The van der Waals surface area contributed by atoms with Crippen LogP contribution in [0.25, 0.3) is 0 Å². The van der Waals surface area contributed by atoms with Gasteiger partial charge in [0.2, 0.25) is 0 Å². The van der Waals surface area contributed by atoms with E-state index >= 15 is 0 Å². The Balaban J connectivity index is -0.0000000242. The third-order valence-electron chi connectivity index (χ3n) is 7.55. The van der Waals surface area contributed by atoms with Crippen LogP contribution >= 0.6 is 136 Å². The summed E-state index contributed by atoms with van der Waals surface area (Å²) in [4.78, 5) is 0. The van der Waals surface area contributed by atoms with E-state index in [0.29, 0.717) is 18.1 Å². The molecule has 0 aromatic heterocycles. The Morgan fingerprint density at radius 2 is 0.594 bits per heavy atom. The third-order valence-corrected chi connectivity index (χ3v) is 11.2. The molecule has 2 aliphatic carbocycles. The monoisotopic (exact) mass is 1750 g/mol. The van der Waals surface area contributed by atoms with Gasteiger partial charge in [0.25, 0.3) is 0 Å². The molecule has 0 saturated heterocycles. The zero-order chi connectivity index (χ0) is 72.1. The molecule has 2 fully saturated rings. The Morgan fingerprint density at radius 1 is 0.356 bits per heavy atom. The molecule has 0 atom stereocenters. The summed E-state index contributed by atoms with van der Waals surface area (Å²) in [5.41, 5.74) is 1.51. The summed E-state index contributed by atoms with van der Waals surface area (Å²) in [5.74, 6) is 1.25. The summed E-state index contributed by atoms with van der Waals surface area (Å²) in [5, 5.41) is 0. The van der Waals surface area contributed by atoms with Crippen molar-refractivity contribution in [2.75, 3.05) is 77.4 Å². The molecule has 4 rings (SSSR count). The maximum Gasteiger partial charge on any atom is 0.395 e. The minimum absolute atomic E-state index is 0. The number of hydrogen-bond donors (Lipinski definition) is 0. The van der Waals surface area contributed by atoms with Crippen LogP contribution in [0.4, 0.5) is 0 Å². The number of rotatable bonds is 17. The van der Waals surface area contributed by atoms with Crippen LogP contribution < -0.4 is 9.05 Å². The summed E-state index contributed by atoms with van der Waals surface area (Å²) in [6, 6.07) is 16.6. The summed E-state index contributed by atoms with van der Waals surface area (Å²) in [7, 11) is 1.17. The van der Waals surface area contributed by atoms with Crippen molar-refractivity contribution >= 4 is 136 Å². The summed E-state index contributed by atoms with van der Waals surface area (Å²) in [6.45, 7) is 35.9. The normalized spacial score (nSPS) is 10.3. The van der Waals surface area contributed by atoms with Crippen LogP contribution in [0.15, 0.2) is 54.6 Å². The predicted octanol–water partition coefficient (Wildman–Crippen LogP) is 34.7. The number of para-hydroxylation sites is 1. The first kappa shape index (κ1) is 175. The van der Waals surface area contributed by atoms with Crippen LogP contribution in [0.3, 0.4) is 0 Å². The van der Waals surface area contributed by atoms with Gasteiger partial charge in [0.15, 0.2) is 93.1 Å². The molecule has 0 heterocycles. The molecule has 0 unspecified atom stereocenters.